The van der Waals surface area contributed by atoms with E-state index in [9.17, 15) is 9.59 Å². The third kappa shape index (κ3) is 6.30. The Labute approximate surface area is 199 Å². The number of Topliss-reactive ketones (excluding diaryl/α,β-unsaturated/α-hetero) is 1. The van der Waals surface area contributed by atoms with E-state index in [1.54, 1.807) is 18.0 Å². The van der Waals surface area contributed by atoms with Gasteiger partial charge in [0.2, 0.25) is 5.91 Å². The van der Waals surface area contributed by atoms with Crippen molar-refractivity contribution in [3.63, 3.8) is 0 Å². The molecule has 2 saturated heterocycles. The van der Waals surface area contributed by atoms with E-state index in [0.717, 1.165) is 69.1 Å². The average Bonchev–Trinajstić information content (AvgIpc) is 2.85. The summed E-state index contributed by atoms with van der Waals surface area (Å²) in [6.07, 6.45) is 5.60. The summed E-state index contributed by atoms with van der Waals surface area (Å²) in [6, 6.07) is 7.68. The molecule has 0 bridgehead atoms. The Morgan fingerprint density at radius 1 is 1.24 bits per heavy atom. The quantitative estimate of drug-likeness (QED) is 0.658. The highest BCUT2D eigenvalue weighted by Gasteiger charge is 2.27. The third-order valence-corrected chi connectivity index (χ3v) is 6.83. The van der Waals surface area contributed by atoms with E-state index in [4.69, 9.17) is 21.3 Å². The number of carbonyl (C=O) groups excluding carboxylic acids is 2. The average molecular weight is 471 g/mol. The van der Waals surface area contributed by atoms with Gasteiger partial charge in [-0.2, -0.15) is 0 Å². The van der Waals surface area contributed by atoms with E-state index in [1.807, 2.05) is 24.3 Å². The summed E-state index contributed by atoms with van der Waals surface area (Å²) < 4.78 is 5.43. The van der Waals surface area contributed by atoms with Crippen LogP contribution in [0.2, 0.25) is 5.02 Å². The fourth-order valence-electron chi connectivity index (χ4n) is 4.51. The molecule has 2 aromatic rings. The molecule has 33 heavy (non-hydrogen) atoms. The fraction of sp³-hybridized carbons (Fsp3) is 0.520. The minimum Gasteiger partial charge on any atom is -0.381 e. The molecule has 8 heteroatoms. The molecular weight excluding hydrogens is 440 g/mol. The monoisotopic (exact) mass is 470 g/mol. The second-order valence-electron chi connectivity index (χ2n) is 8.95. The number of aromatic nitrogens is 2. The Bertz CT molecular complexity index is 993. The number of carbonyl (C=O) groups is 2. The summed E-state index contributed by atoms with van der Waals surface area (Å²) >= 11 is 6.46. The summed E-state index contributed by atoms with van der Waals surface area (Å²) in [6.45, 7) is 5.29. The van der Waals surface area contributed by atoms with Crippen LogP contribution in [0.3, 0.4) is 0 Å². The molecule has 0 radical (unpaired) electrons. The number of ether oxygens (including phenoxy) is 1. The Kier molecular flexibility index (Phi) is 7.93. The van der Waals surface area contributed by atoms with Gasteiger partial charge in [-0.15, -0.1) is 0 Å². The second-order valence-corrected chi connectivity index (χ2v) is 9.35. The van der Waals surface area contributed by atoms with Crippen LogP contribution in [-0.4, -0.2) is 59.4 Å². The lowest BCUT2D eigenvalue weighted by Crippen LogP contribution is -2.41. The zero-order valence-corrected chi connectivity index (χ0v) is 19.8. The molecule has 0 unspecified atom stereocenters. The molecule has 1 atom stereocenters. The van der Waals surface area contributed by atoms with E-state index in [2.05, 4.69) is 10.3 Å². The Morgan fingerprint density at radius 2 is 2.06 bits per heavy atom. The van der Waals surface area contributed by atoms with Gasteiger partial charge in [0.15, 0.2) is 0 Å². The molecule has 2 fully saturated rings. The molecule has 0 aromatic carbocycles. The number of piperidine rings is 1. The summed E-state index contributed by atoms with van der Waals surface area (Å²) in [5.74, 6) is 1.39. The number of anilines is 1. The molecule has 1 N–H and O–H groups in total. The van der Waals surface area contributed by atoms with E-state index >= 15 is 0 Å². The van der Waals surface area contributed by atoms with Gasteiger partial charge in [-0.05, 0) is 49.8 Å². The lowest BCUT2D eigenvalue weighted by Gasteiger charge is -2.31. The van der Waals surface area contributed by atoms with Crippen molar-refractivity contribution in [2.75, 3.05) is 38.2 Å². The number of likely N-dealkylation sites (tertiary alicyclic amines) is 1. The molecule has 2 aliphatic rings. The van der Waals surface area contributed by atoms with Crippen LogP contribution >= 0.6 is 11.6 Å². The standard InChI is InChI=1S/C25H31ClN4O3/c1-17(31)30-9-3-4-19(16-30)24(32)13-20-12-21(22(26)15-27-20)23-5-2-6-25(29-23)28-14-18-7-10-33-11-8-18/h2,5-6,12,15,18-19H,3-4,7-11,13-14,16H2,1H3,(H,28,29)/t19-/m0/s1. The summed E-state index contributed by atoms with van der Waals surface area (Å²) in [5, 5.41) is 3.94. The number of amides is 1. The van der Waals surface area contributed by atoms with Gasteiger partial charge in [-0.1, -0.05) is 17.7 Å². The van der Waals surface area contributed by atoms with Crippen molar-refractivity contribution in [3.8, 4) is 11.3 Å². The molecule has 7 nitrogen and oxygen atoms in total. The number of pyridine rings is 2. The van der Waals surface area contributed by atoms with Crippen molar-refractivity contribution in [1.82, 2.24) is 14.9 Å². The first-order valence-corrected chi connectivity index (χ1v) is 12.1. The van der Waals surface area contributed by atoms with Crippen LogP contribution in [0.4, 0.5) is 5.82 Å². The first-order chi connectivity index (χ1) is 16.0. The molecule has 0 aliphatic carbocycles. The largest absolute Gasteiger partial charge is 0.381 e. The van der Waals surface area contributed by atoms with Crippen LogP contribution in [0.1, 0.15) is 38.3 Å². The van der Waals surface area contributed by atoms with Gasteiger partial charge >= 0.3 is 0 Å². The topological polar surface area (TPSA) is 84.4 Å². The normalized spacial score (nSPS) is 19.3. The number of nitrogens with zero attached hydrogens (tertiary/aromatic N) is 3. The number of halogens is 1. The first-order valence-electron chi connectivity index (χ1n) is 11.7. The van der Waals surface area contributed by atoms with Crippen molar-refractivity contribution in [2.24, 2.45) is 11.8 Å². The van der Waals surface area contributed by atoms with Crippen LogP contribution in [0.15, 0.2) is 30.5 Å². The van der Waals surface area contributed by atoms with Crippen LogP contribution in [0.5, 0.6) is 0 Å². The van der Waals surface area contributed by atoms with Gasteiger partial charge in [0.05, 0.1) is 10.7 Å². The highest BCUT2D eigenvalue weighted by molar-refractivity contribution is 6.33. The van der Waals surface area contributed by atoms with Gasteiger partial charge in [-0.25, -0.2) is 4.98 Å². The molecular formula is C25H31ClN4O3. The Balaban J connectivity index is 1.43. The predicted octanol–water partition coefficient (Wildman–Crippen LogP) is 4.01. The van der Waals surface area contributed by atoms with Crippen LogP contribution in [-0.2, 0) is 20.7 Å². The minimum atomic E-state index is -0.139. The zero-order valence-electron chi connectivity index (χ0n) is 19.1. The first kappa shape index (κ1) is 23.6. The number of hydrogen-bond acceptors (Lipinski definition) is 6. The van der Waals surface area contributed by atoms with Crippen molar-refractivity contribution in [2.45, 2.75) is 39.0 Å². The fourth-order valence-corrected chi connectivity index (χ4v) is 4.71. The Morgan fingerprint density at radius 3 is 2.85 bits per heavy atom. The zero-order chi connectivity index (χ0) is 23.2. The molecule has 2 aromatic heterocycles. The molecule has 176 valence electrons. The molecule has 1 amide bonds. The van der Waals surface area contributed by atoms with E-state index < -0.39 is 0 Å². The lowest BCUT2D eigenvalue weighted by atomic mass is 9.91. The van der Waals surface area contributed by atoms with E-state index in [1.165, 1.54) is 0 Å². The van der Waals surface area contributed by atoms with Gasteiger partial charge in [0, 0.05) is 69.6 Å². The van der Waals surface area contributed by atoms with Crippen molar-refractivity contribution >= 4 is 29.1 Å². The number of ketones is 1. The number of nitrogens with one attached hydrogen (secondary N) is 1. The Hall–Kier alpha value is -2.51. The molecule has 0 saturated carbocycles. The van der Waals surface area contributed by atoms with Crippen molar-refractivity contribution in [3.05, 3.63) is 41.2 Å². The maximum absolute atomic E-state index is 12.9. The van der Waals surface area contributed by atoms with Crippen molar-refractivity contribution < 1.29 is 14.3 Å². The SMILES string of the molecule is CC(=O)N1CCC[C@H](C(=O)Cc2cc(-c3cccc(NCC4CCOCC4)n3)c(Cl)cn2)C1. The highest BCUT2D eigenvalue weighted by Crippen LogP contribution is 2.28. The maximum Gasteiger partial charge on any atom is 0.219 e. The second kappa shape index (κ2) is 11.1. The van der Waals surface area contributed by atoms with E-state index in [-0.39, 0.29) is 24.0 Å². The van der Waals surface area contributed by atoms with Gasteiger partial charge < -0.3 is 15.0 Å². The summed E-state index contributed by atoms with van der Waals surface area (Å²) in [7, 11) is 0. The van der Waals surface area contributed by atoms with Crippen molar-refractivity contribution in [1.29, 1.82) is 0 Å². The minimum absolute atomic E-state index is 0.0239. The van der Waals surface area contributed by atoms with Gasteiger partial charge in [0.25, 0.3) is 0 Å². The van der Waals surface area contributed by atoms with E-state index in [0.29, 0.717) is 23.2 Å². The van der Waals surface area contributed by atoms with Crippen LogP contribution in [0, 0.1) is 11.8 Å². The molecule has 4 heterocycles. The van der Waals surface area contributed by atoms with Gasteiger partial charge in [-0.3, -0.25) is 14.6 Å². The van der Waals surface area contributed by atoms with Crippen LogP contribution < -0.4 is 5.32 Å². The van der Waals surface area contributed by atoms with Gasteiger partial charge in [0.1, 0.15) is 11.6 Å². The highest BCUT2D eigenvalue weighted by atomic mass is 35.5. The summed E-state index contributed by atoms with van der Waals surface area (Å²) in [5.41, 5.74) is 2.17. The maximum atomic E-state index is 12.9. The molecule has 0 spiro atoms. The predicted molar refractivity (Wildman–Crippen MR) is 128 cm³/mol. The molecule has 2 aliphatic heterocycles. The smallest absolute Gasteiger partial charge is 0.219 e. The molecule has 4 rings (SSSR count). The number of rotatable bonds is 7. The lowest BCUT2D eigenvalue weighted by molar-refractivity contribution is -0.133. The van der Waals surface area contributed by atoms with Crippen LogP contribution in [0.25, 0.3) is 11.3 Å². The number of hydrogen-bond donors (Lipinski definition) is 1. The third-order valence-electron chi connectivity index (χ3n) is 6.53. The summed E-state index contributed by atoms with van der Waals surface area (Å²) in [4.78, 5) is 35.5.